The molecule has 0 bridgehead atoms. The van der Waals surface area contributed by atoms with Crippen LogP contribution < -0.4 is 4.90 Å². The van der Waals surface area contributed by atoms with Crippen LogP contribution in [0.1, 0.15) is 38.9 Å². The van der Waals surface area contributed by atoms with Crippen molar-refractivity contribution in [2.24, 2.45) is 0 Å². The fraction of sp³-hybridized carbons (Fsp3) is 0.143. The molecule has 1 heterocycles. The highest BCUT2D eigenvalue weighted by molar-refractivity contribution is 6.13. The summed E-state index contributed by atoms with van der Waals surface area (Å²) >= 11 is 0. The van der Waals surface area contributed by atoms with Crippen LogP contribution in [0.25, 0.3) is 44.2 Å². The van der Waals surface area contributed by atoms with E-state index >= 15 is 0 Å². The largest absolute Gasteiger partial charge is 0.456 e. The summed E-state index contributed by atoms with van der Waals surface area (Å²) in [6, 6.07) is 39.6. The highest BCUT2D eigenvalue weighted by Crippen LogP contribution is 2.47. The monoisotopic (exact) mass is 569 g/mol. The molecule has 1 aliphatic carbocycles. The minimum atomic E-state index is 0.903. The number of rotatable bonds is 4. The number of para-hydroxylation sites is 1. The van der Waals surface area contributed by atoms with Crippen molar-refractivity contribution in [3.05, 3.63) is 148 Å². The fourth-order valence-electron chi connectivity index (χ4n) is 7.27. The van der Waals surface area contributed by atoms with Crippen molar-refractivity contribution in [1.29, 1.82) is 0 Å². The van der Waals surface area contributed by atoms with Crippen LogP contribution in [0, 0.1) is 34.6 Å². The zero-order valence-corrected chi connectivity index (χ0v) is 26.0. The fourth-order valence-corrected chi connectivity index (χ4v) is 7.27. The molecule has 0 aliphatic heterocycles. The van der Waals surface area contributed by atoms with Gasteiger partial charge < -0.3 is 9.32 Å². The van der Waals surface area contributed by atoms with Crippen molar-refractivity contribution in [3.8, 4) is 22.3 Å². The molecule has 2 nitrogen and oxygen atoms in total. The van der Waals surface area contributed by atoms with Gasteiger partial charge in [-0.25, -0.2) is 0 Å². The zero-order chi connectivity index (χ0) is 30.1. The highest BCUT2D eigenvalue weighted by Gasteiger charge is 2.24. The van der Waals surface area contributed by atoms with E-state index in [-0.39, 0.29) is 0 Å². The Bertz CT molecular complexity index is 2220. The minimum Gasteiger partial charge on any atom is -0.456 e. The van der Waals surface area contributed by atoms with E-state index in [0.29, 0.717) is 0 Å². The van der Waals surface area contributed by atoms with Gasteiger partial charge in [0, 0.05) is 11.1 Å². The molecule has 0 spiro atoms. The number of benzene rings is 6. The van der Waals surface area contributed by atoms with Gasteiger partial charge in [-0.3, -0.25) is 0 Å². The number of fused-ring (bicyclic) bond motifs is 6. The van der Waals surface area contributed by atoms with E-state index in [4.69, 9.17) is 4.42 Å². The van der Waals surface area contributed by atoms with Crippen molar-refractivity contribution in [2.45, 2.75) is 41.0 Å². The van der Waals surface area contributed by atoms with Crippen LogP contribution in [0.3, 0.4) is 0 Å². The van der Waals surface area contributed by atoms with Gasteiger partial charge in [-0.15, -0.1) is 0 Å². The van der Waals surface area contributed by atoms with Gasteiger partial charge in [-0.05, 0) is 133 Å². The van der Waals surface area contributed by atoms with E-state index in [1.165, 1.54) is 66.9 Å². The van der Waals surface area contributed by atoms with E-state index < -0.39 is 0 Å². The molecule has 6 aromatic carbocycles. The second-order valence-corrected chi connectivity index (χ2v) is 12.3. The van der Waals surface area contributed by atoms with E-state index in [2.05, 4.69) is 143 Å². The first-order valence-electron chi connectivity index (χ1n) is 15.5. The average Bonchev–Trinajstić information content (AvgIpc) is 3.63. The third-order valence-electron chi connectivity index (χ3n) is 10.1. The van der Waals surface area contributed by atoms with Gasteiger partial charge in [0.1, 0.15) is 11.2 Å². The lowest BCUT2D eigenvalue weighted by molar-refractivity contribution is 0.669. The van der Waals surface area contributed by atoms with Crippen LogP contribution >= 0.6 is 0 Å². The first-order valence-corrected chi connectivity index (χ1v) is 15.5. The number of hydrogen-bond acceptors (Lipinski definition) is 2. The zero-order valence-electron chi connectivity index (χ0n) is 26.0. The predicted molar refractivity (Wildman–Crippen MR) is 186 cm³/mol. The van der Waals surface area contributed by atoms with Crippen molar-refractivity contribution < 1.29 is 4.42 Å². The van der Waals surface area contributed by atoms with E-state index in [9.17, 15) is 0 Å². The van der Waals surface area contributed by atoms with Gasteiger partial charge in [0.25, 0.3) is 0 Å². The SMILES string of the molecule is Cc1c(C)c(C)c(N(c2ccc(-c3ccc4c(c3)Cc3ccccc3-4)cc2)c2cccc3oc4ccccc4c23)c(C)c1C. The van der Waals surface area contributed by atoms with Crippen molar-refractivity contribution in [1.82, 2.24) is 0 Å². The Hall–Kier alpha value is -5.08. The normalized spacial score (nSPS) is 12.1. The molecule has 0 amide bonds. The summed E-state index contributed by atoms with van der Waals surface area (Å²) in [6.07, 6.45) is 0.999. The Morgan fingerprint density at radius 2 is 1.16 bits per heavy atom. The van der Waals surface area contributed by atoms with Gasteiger partial charge in [-0.2, -0.15) is 0 Å². The number of hydrogen-bond donors (Lipinski definition) is 0. The lowest BCUT2D eigenvalue weighted by Crippen LogP contribution is -2.15. The van der Waals surface area contributed by atoms with E-state index in [1.54, 1.807) is 0 Å². The quantitative estimate of drug-likeness (QED) is 0.210. The third kappa shape index (κ3) is 3.94. The molecule has 0 unspecified atom stereocenters. The molecule has 7 aromatic rings. The second kappa shape index (κ2) is 9.99. The van der Waals surface area contributed by atoms with Crippen molar-refractivity contribution in [3.63, 3.8) is 0 Å². The summed E-state index contributed by atoms with van der Waals surface area (Å²) in [5.74, 6) is 0. The topological polar surface area (TPSA) is 16.4 Å². The molecule has 0 N–H and O–H groups in total. The summed E-state index contributed by atoms with van der Waals surface area (Å²) in [5.41, 5.74) is 20.0. The van der Waals surface area contributed by atoms with Gasteiger partial charge in [0.2, 0.25) is 0 Å². The molecule has 0 atom stereocenters. The molecule has 1 aromatic heterocycles. The van der Waals surface area contributed by atoms with Crippen molar-refractivity contribution in [2.75, 3.05) is 4.90 Å². The van der Waals surface area contributed by atoms with Crippen molar-refractivity contribution >= 4 is 39.0 Å². The Morgan fingerprint density at radius 3 is 1.95 bits per heavy atom. The molecule has 214 valence electrons. The summed E-state index contributed by atoms with van der Waals surface area (Å²) < 4.78 is 6.35. The minimum absolute atomic E-state index is 0.903. The standard InChI is InChI=1S/C42H35NO/c1-25-26(2)28(4)42(29(5)27(25)3)43(38-14-10-16-40-41(38)37-13-8-9-15-39(37)44-40)34-20-17-30(18-21-34)31-19-22-36-33(23-31)24-32-11-6-7-12-35(32)36/h6-23H,24H2,1-5H3. The lowest BCUT2D eigenvalue weighted by atomic mass is 9.91. The van der Waals surface area contributed by atoms with Crippen LogP contribution in [-0.4, -0.2) is 0 Å². The van der Waals surface area contributed by atoms with Gasteiger partial charge in [0.05, 0.1) is 16.8 Å². The van der Waals surface area contributed by atoms with Gasteiger partial charge in [-0.1, -0.05) is 78.9 Å². The van der Waals surface area contributed by atoms with Gasteiger partial charge >= 0.3 is 0 Å². The van der Waals surface area contributed by atoms with Crippen LogP contribution in [-0.2, 0) is 6.42 Å². The maximum Gasteiger partial charge on any atom is 0.137 e. The van der Waals surface area contributed by atoms with Crippen LogP contribution in [0.2, 0.25) is 0 Å². The smallest absolute Gasteiger partial charge is 0.137 e. The predicted octanol–water partition coefficient (Wildman–Crippen LogP) is 11.8. The molecule has 0 saturated carbocycles. The Balaban J connectivity index is 1.30. The van der Waals surface area contributed by atoms with Crippen LogP contribution in [0.5, 0.6) is 0 Å². The Morgan fingerprint density at radius 1 is 0.523 bits per heavy atom. The molecule has 2 heteroatoms. The van der Waals surface area contributed by atoms with E-state index in [0.717, 1.165) is 39.7 Å². The molecule has 0 radical (unpaired) electrons. The molecule has 8 rings (SSSR count). The molecule has 0 fully saturated rings. The lowest BCUT2D eigenvalue weighted by Gasteiger charge is -2.31. The summed E-state index contributed by atoms with van der Waals surface area (Å²) in [5, 5.41) is 2.27. The maximum atomic E-state index is 6.35. The summed E-state index contributed by atoms with van der Waals surface area (Å²) in [6.45, 7) is 11.3. The summed E-state index contributed by atoms with van der Waals surface area (Å²) in [7, 11) is 0. The molecule has 1 aliphatic rings. The molecular weight excluding hydrogens is 534 g/mol. The van der Waals surface area contributed by atoms with Gasteiger partial charge in [0.15, 0.2) is 0 Å². The first-order chi connectivity index (χ1) is 21.4. The highest BCUT2D eigenvalue weighted by atomic mass is 16.3. The number of furan rings is 1. The maximum absolute atomic E-state index is 6.35. The Labute approximate surface area is 259 Å². The third-order valence-corrected chi connectivity index (χ3v) is 10.1. The Kier molecular flexibility index (Phi) is 6.03. The number of nitrogens with zero attached hydrogens (tertiary/aromatic N) is 1. The summed E-state index contributed by atoms with van der Waals surface area (Å²) in [4.78, 5) is 2.46. The number of anilines is 3. The molecule has 44 heavy (non-hydrogen) atoms. The van der Waals surface area contributed by atoms with Crippen LogP contribution in [0.4, 0.5) is 17.1 Å². The molecular formula is C42H35NO. The van der Waals surface area contributed by atoms with Crippen LogP contribution in [0.15, 0.2) is 114 Å². The second-order valence-electron chi connectivity index (χ2n) is 12.3. The average molecular weight is 570 g/mol. The van der Waals surface area contributed by atoms with E-state index in [1.807, 2.05) is 6.07 Å². The first kappa shape index (κ1) is 26.5. The molecule has 0 saturated heterocycles.